The first kappa shape index (κ1) is 26.7. The number of rotatable bonds is 9. The summed E-state index contributed by atoms with van der Waals surface area (Å²) < 4.78 is 5.10. The van der Waals surface area contributed by atoms with Crippen molar-refractivity contribution >= 4 is 31.1 Å². The maximum atomic E-state index is 11.2. The van der Waals surface area contributed by atoms with Gasteiger partial charge in [0.1, 0.15) is 5.60 Å². The zero-order valence-corrected chi connectivity index (χ0v) is 16.0. The van der Waals surface area contributed by atoms with Crippen LogP contribution >= 0.6 is 25.0 Å². The summed E-state index contributed by atoms with van der Waals surface area (Å²) in [6, 6.07) is 0. The Kier molecular flexibility index (Phi) is 22.9. The van der Waals surface area contributed by atoms with E-state index in [4.69, 9.17) is 15.6 Å². The van der Waals surface area contributed by atoms with E-state index in [1.165, 1.54) is 0 Å². The molecule has 0 saturated carbocycles. The van der Waals surface area contributed by atoms with E-state index < -0.39 is 5.60 Å². The second-order valence-corrected chi connectivity index (χ2v) is 6.23. The summed E-state index contributed by atoms with van der Waals surface area (Å²) >= 11 is 3.94. The molecule has 0 aliphatic carbocycles. The fourth-order valence-corrected chi connectivity index (χ4v) is 1.57. The summed E-state index contributed by atoms with van der Waals surface area (Å²) in [7, 11) is 0. The van der Waals surface area contributed by atoms with Gasteiger partial charge in [0.2, 0.25) is 0 Å². The minimum Gasteiger partial charge on any atom is -0.444 e. The molecule has 0 aromatic rings. The Morgan fingerprint density at radius 1 is 1.14 bits per heavy atom. The van der Waals surface area contributed by atoms with E-state index in [2.05, 4.69) is 17.9 Å². The third-order valence-electron chi connectivity index (χ3n) is 2.37. The Hall–Kier alpha value is -0.170. The van der Waals surface area contributed by atoms with E-state index in [-0.39, 0.29) is 18.5 Å². The van der Waals surface area contributed by atoms with Crippen LogP contribution in [0.4, 0.5) is 4.79 Å². The average molecular weight is 359 g/mol. The lowest BCUT2D eigenvalue weighted by Crippen LogP contribution is -2.32. The Morgan fingerprint density at radius 2 is 1.73 bits per heavy atom. The van der Waals surface area contributed by atoms with Crippen molar-refractivity contribution in [3.63, 3.8) is 0 Å². The molecular weight excluding hydrogens is 324 g/mol. The van der Waals surface area contributed by atoms with Gasteiger partial charge in [-0.3, -0.25) is 0 Å². The van der Waals surface area contributed by atoms with Crippen molar-refractivity contribution in [2.45, 2.75) is 64.9 Å². The first-order valence-electron chi connectivity index (χ1n) is 7.76. The van der Waals surface area contributed by atoms with Gasteiger partial charge in [-0.15, -0.1) is 12.4 Å². The SMILES string of the molecule is CC(C)(C)OC(=O)NCCCCCCN.Cl.OCCCCS. The molecule has 0 rings (SSSR count). The van der Waals surface area contributed by atoms with E-state index in [1.807, 2.05) is 20.8 Å². The van der Waals surface area contributed by atoms with Crippen LogP contribution < -0.4 is 11.1 Å². The number of alkyl carbamates (subject to hydrolysis) is 1. The van der Waals surface area contributed by atoms with Gasteiger partial charge in [0.05, 0.1) is 0 Å². The van der Waals surface area contributed by atoms with Crippen LogP contribution in [0.15, 0.2) is 0 Å². The van der Waals surface area contributed by atoms with Crippen LogP contribution in [0.5, 0.6) is 0 Å². The van der Waals surface area contributed by atoms with Crippen LogP contribution in [0.2, 0.25) is 0 Å². The fourth-order valence-electron chi connectivity index (χ4n) is 1.35. The number of ether oxygens (including phenoxy) is 1. The minimum atomic E-state index is -0.413. The van der Waals surface area contributed by atoms with Gasteiger partial charge in [-0.25, -0.2) is 4.79 Å². The Morgan fingerprint density at radius 3 is 2.14 bits per heavy atom. The summed E-state index contributed by atoms with van der Waals surface area (Å²) in [6.07, 6.45) is 5.87. The molecule has 1 amide bonds. The first-order valence-corrected chi connectivity index (χ1v) is 8.39. The lowest BCUT2D eigenvalue weighted by atomic mass is 10.2. The Balaban J connectivity index is -0.000000439. The van der Waals surface area contributed by atoms with Gasteiger partial charge in [0.15, 0.2) is 0 Å². The number of nitrogens with two attached hydrogens (primary N) is 1. The molecule has 0 unspecified atom stereocenters. The van der Waals surface area contributed by atoms with E-state index in [1.54, 1.807) is 0 Å². The van der Waals surface area contributed by atoms with Gasteiger partial charge in [-0.2, -0.15) is 12.6 Å². The van der Waals surface area contributed by atoms with Gasteiger partial charge in [-0.1, -0.05) is 12.8 Å². The molecule has 0 saturated heterocycles. The smallest absolute Gasteiger partial charge is 0.407 e. The number of carbonyl (C=O) groups is 1. The van der Waals surface area contributed by atoms with Crippen molar-refractivity contribution in [1.29, 1.82) is 0 Å². The number of hydrogen-bond acceptors (Lipinski definition) is 5. The Bertz CT molecular complexity index is 235. The lowest BCUT2D eigenvalue weighted by molar-refractivity contribution is 0.0527. The van der Waals surface area contributed by atoms with E-state index in [9.17, 15) is 4.79 Å². The lowest BCUT2D eigenvalue weighted by Gasteiger charge is -2.19. The van der Waals surface area contributed by atoms with Crippen LogP contribution in [0, 0.1) is 0 Å². The summed E-state index contributed by atoms with van der Waals surface area (Å²) in [4.78, 5) is 11.2. The van der Waals surface area contributed by atoms with E-state index in [0.29, 0.717) is 13.2 Å². The normalized spacial score (nSPS) is 10.1. The number of halogens is 1. The number of aliphatic hydroxyl groups is 1. The third kappa shape index (κ3) is 28.1. The van der Waals surface area contributed by atoms with Crippen molar-refractivity contribution in [3.8, 4) is 0 Å². The second kappa shape index (κ2) is 18.9. The highest BCUT2D eigenvalue weighted by molar-refractivity contribution is 7.80. The molecule has 136 valence electrons. The van der Waals surface area contributed by atoms with Gasteiger partial charge in [-0.05, 0) is 58.8 Å². The molecule has 4 N–H and O–H groups in total. The predicted octanol–water partition coefficient (Wildman–Crippen LogP) is 3.14. The number of nitrogens with one attached hydrogen (secondary N) is 1. The van der Waals surface area contributed by atoms with Gasteiger partial charge in [0.25, 0.3) is 0 Å². The number of thiol groups is 1. The molecule has 5 nitrogen and oxygen atoms in total. The average Bonchev–Trinajstić information content (AvgIpc) is 2.39. The fraction of sp³-hybridized carbons (Fsp3) is 0.933. The monoisotopic (exact) mass is 358 g/mol. The largest absolute Gasteiger partial charge is 0.444 e. The molecule has 0 atom stereocenters. The second-order valence-electron chi connectivity index (χ2n) is 5.79. The highest BCUT2D eigenvalue weighted by Gasteiger charge is 2.15. The number of unbranched alkanes of at least 4 members (excludes halogenated alkanes) is 4. The van der Waals surface area contributed by atoms with Gasteiger partial charge < -0.3 is 20.9 Å². The topological polar surface area (TPSA) is 84.6 Å². The van der Waals surface area contributed by atoms with Crippen LogP contribution in [0.25, 0.3) is 0 Å². The molecule has 7 heteroatoms. The van der Waals surface area contributed by atoms with Crippen molar-refractivity contribution in [1.82, 2.24) is 5.32 Å². The first-order chi connectivity index (χ1) is 9.87. The minimum absolute atomic E-state index is 0. The van der Waals surface area contributed by atoms with Crippen LogP contribution in [0.3, 0.4) is 0 Å². The standard InChI is InChI=1S/C11H24N2O2.C4H10OS.ClH/c1-11(2,3)15-10(14)13-9-7-5-4-6-8-12;5-3-1-2-4-6;/h4-9,12H2,1-3H3,(H,13,14);5-6H,1-4H2;1H. The molecular formula is C15H35ClN2O3S. The van der Waals surface area contributed by atoms with Crippen molar-refractivity contribution in [2.24, 2.45) is 5.73 Å². The third-order valence-corrected chi connectivity index (χ3v) is 2.68. The summed E-state index contributed by atoms with van der Waals surface area (Å²) in [5.74, 6) is 0.889. The van der Waals surface area contributed by atoms with E-state index >= 15 is 0 Å². The number of hydrogen-bond donors (Lipinski definition) is 4. The van der Waals surface area contributed by atoms with Crippen molar-refractivity contribution < 1.29 is 14.6 Å². The molecule has 0 aromatic carbocycles. The quantitative estimate of drug-likeness (QED) is 0.377. The zero-order valence-electron chi connectivity index (χ0n) is 14.3. The molecule has 0 aromatic heterocycles. The number of carbonyl (C=O) groups excluding carboxylic acids is 1. The summed E-state index contributed by atoms with van der Waals surface area (Å²) in [5.41, 5.74) is 4.96. The zero-order chi connectivity index (χ0) is 16.6. The molecule has 0 aliphatic heterocycles. The van der Waals surface area contributed by atoms with Gasteiger partial charge in [0, 0.05) is 13.2 Å². The van der Waals surface area contributed by atoms with Crippen LogP contribution in [-0.4, -0.2) is 42.3 Å². The molecule has 0 heterocycles. The van der Waals surface area contributed by atoms with Gasteiger partial charge >= 0.3 is 6.09 Å². The maximum Gasteiger partial charge on any atom is 0.407 e. The maximum absolute atomic E-state index is 11.2. The highest BCUT2D eigenvalue weighted by Crippen LogP contribution is 2.06. The van der Waals surface area contributed by atoms with E-state index in [0.717, 1.165) is 50.8 Å². The van der Waals surface area contributed by atoms with Crippen LogP contribution in [0.1, 0.15) is 59.3 Å². The number of amides is 1. The molecule has 0 aliphatic rings. The molecule has 0 radical (unpaired) electrons. The van der Waals surface area contributed by atoms with Crippen molar-refractivity contribution in [2.75, 3.05) is 25.4 Å². The molecule has 22 heavy (non-hydrogen) atoms. The summed E-state index contributed by atoms with van der Waals surface area (Å²) in [5, 5.41) is 10.9. The van der Waals surface area contributed by atoms with Crippen LogP contribution in [-0.2, 0) is 4.74 Å². The number of aliphatic hydroxyl groups excluding tert-OH is 1. The predicted molar refractivity (Wildman–Crippen MR) is 99.2 cm³/mol. The molecule has 0 bridgehead atoms. The Labute approximate surface area is 147 Å². The summed E-state index contributed by atoms with van der Waals surface area (Å²) in [6.45, 7) is 7.30. The van der Waals surface area contributed by atoms with Crippen molar-refractivity contribution in [3.05, 3.63) is 0 Å². The molecule has 0 fully saturated rings. The highest BCUT2D eigenvalue weighted by atomic mass is 35.5. The molecule has 0 spiro atoms.